The van der Waals surface area contributed by atoms with Crippen molar-refractivity contribution in [3.63, 3.8) is 0 Å². The lowest BCUT2D eigenvalue weighted by atomic mass is 9.79. The molecule has 21 heavy (non-hydrogen) atoms. The molecule has 2 N–H and O–H groups in total. The maximum atomic E-state index is 13.2. The molecule has 0 aliphatic carbocycles. The zero-order valence-corrected chi connectivity index (χ0v) is 11.6. The lowest BCUT2D eigenvalue weighted by molar-refractivity contribution is -0.112. The summed E-state index contributed by atoms with van der Waals surface area (Å²) in [6, 6.07) is 3.75. The molecule has 2 aliphatic heterocycles. The van der Waals surface area contributed by atoms with Crippen LogP contribution in [-0.4, -0.2) is 48.7 Å². The van der Waals surface area contributed by atoms with E-state index in [0.29, 0.717) is 38.4 Å². The summed E-state index contributed by atoms with van der Waals surface area (Å²) < 4.78 is 30.3. The fourth-order valence-corrected chi connectivity index (χ4v) is 2.95. The van der Waals surface area contributed by atoms with Crippen molar-refractivity contribution in [2.75, 3.05) is 19.8 Å². The van der Waals surface area contributed by atoms with Crippen LogP contribution in [0.1, 0.15) is 19.3 Å². The Hall–Kier alpha value is -1.15. The molecular weight excluding hydrogens is 278 g/mol. The third-order valence-electron chi connectivity index (χ3n) is 4.06. The van der Waals surface area contributed by atoms with Crippen LogP contribution in [0.4, 0.5) is 4.39 Å². The summed E-state index contributed by atoms with van der Waals surface area (Å²) in [4.78, 5) is 0. The van der Waals surface area contributed by atoms with Gasteiger partial charge in [0.25, 0.3) is 0 Å². The standard InChI is InChI=1S/C14H18BFO5/c16-10-1-2-13(12(7-10)15(17)18)21-11-3-5-20-14(8-11)4-6-19-9-14/h1-2,7,11,17-18H,3-6,8-9H2. The highest BCUT2D eigenvalue weighted by molar-refractivity contribution is 6.59. The van der Waals surface area contributed by atoms with Gasteiger partial charge in [0.05, 0.1) is 18.8 Å². The number of hydrogen-bond acceptors (Lipinski definition) is 5. The van der Waals surface area contributed by atoms with E-state index in [0.717, 1.165) is 12.5 Å². The summed E-state index contributed by atoms with van der Waals surface area (Å²) in [5.74, 6) is -0.231. The van der Waals surface area contributed by atoms with Crippen molar-refractivity contribution in [1.29, 1.82) is 0 Å². The summed E-state index contributed by atoms with van der Waals surface area (Å²) in [5, 5.41) is 18.7. The van der Waals surface area contributed by atoms with Gasteiger partial charge in [-0.2, -0.15) is 0 Å². The second kappa shape index (κ2) is 5.92. The zero-order chi connectivity index (χ0) is 14.9. The van der Waals surface area contributed by atoms with Gasteiger partial charge < -0.3 is 24.3 Å². The predicted octanol–water partition coefficient (Wildman–Crippen LogP) is 0.222. The van der Waals surface area contributed by atoms with Crippen LogP contribution in [0.5, 0.6) is 5.75 Å². The first-order chi connectivity index (χ1) is 10.1. The van der Waals surface area contributed by atoms with Crippen LogP contribution >= 0.6 is 0 Å². The Morgan fingerprint density at radius 3 is 2.90 bits per heavy atom. The Kier molecular flexibility index (Phi) is 4.17. The molecule has 2 saturated heterocycles. The monoisotopic (exact) mass is 296 g/mol. The van der Waals surface area contributed by atoms with E-state index in [4.69, 9.17) is 14.2 Å². The van der Waals surface area contributed by atoms with Gasteiger partial charge in [-0.15, -0.1) is 0 Å². The topological polar surface area (TPSA) is 68.2 Å². The van der Waals surface area contributed by atoms with Gasteiger partial charge in [-0.25, -0.2) is 4.39 Å². The first kappa shape index (κ1) is 14.8. The molecule has 1 spiro atoms. The highest BCUT2D eigenvalue weighted by Crippen LogP contribution is 2.34. The fourth-order valence-electron chi connectivity index (χ4n) is 2.95. The minimum atomic E-state index is -1.76. The molecule has 1 aromatic rings. The first-order valence-electron chi connectivity index (χ1n) is 7.12. The summed E-state index contributed by atoms with van der Waals surface area (Å²) in [6.07, 6.45) is 2.13. The number of ether oxygens (including phenoxy) is 3. The minimum absolute atomic E-state index is 0.0400. The van der Waals surface area contributed by atoms with Crippen LogP contribution in [0.2, 0.25) is 0 Å². The van der Waals surface area contributed by atoms with Crippen molar-refractivity contribution in [2.45, 2.75) is 31.0 Å². The van der Waals surface area contributed by atoms with E-state index in [1.54, 1.807) is 0 Å². The van der Waals surface area contributed by atoms with Crippen LogP contribution in [-0.2, 0) is 9.47 Å². The normalized spacial score (nSPS) is 28.8. The van der Waals surface area contributed by atoms with Crippen LogP contribution < -0.4 is 10.2 Å². The Morgan fingerprint density at radius 2 is 2.19 bits per heavy atom. The molecule has 2 fully saturated rings. The van der Waals surface area contributed by atoms with Gasteiger partial charge in [0, 0.05) is 31.3 Å². The summed E-state index contributed by atoms with van der Waals surface area (Å²) >= 11 is 0. The third-order valence-corrected chi connectivity index (χ3v) is 4.06. The van der Waals surface area contributed by atoms with Gasteiger partial charge in [-0.3, -0.25) is 0 Å². The van der Waals surface area contributed by atoms with Crippen molar-refractivity contribution in [3.05, 3.63) is 24.0 Å². The van der Waals surface area contributed by atoms with E-state index in [1.165, 1.54) is 12.1 Å². The summed E-state index contributed by atoms with van der Waals surface area (Å²) in [6.45, 7) is 1.82. The first-order valence-corrected chi connectivity index (χ1v) is 7.12. The number of halogens is 1. The molecule has 2 atom stereocenters. The summed E-state index contributed by atoms with van der Waals surface area (Å²) in [7, 11) is -1.76. The Morgan fingerprint density at radius 1 is 1.33 bits per heavy atom. The summed E-state index contributed by atoms with van der Waals surface area (Å²) in [5.41, 5.74) is -0.251. The Bertz CT molecular complexity index is 504. The Labute approximate surface area is 122 Å². The van der Waals surface area contributed by atoms with Gasteiger partial charge in [0.15, 0.2) is 0 Å². The predicted molar refractivity (Wildman–Crippen MR) is 74.0 cm³/mol. The quantitative estimate of drug-likeness (QED) is 0.781. The molecule has 0 amide bonds. The lowest BCUT2D eigenvalue weighted by Crippen LogP contribution is -2.45. The highest BCUT2D eigenvalue weighted by Gasteiger charge is 2.42. The molecule has 114 valence electrons. The molecule has 2 aliphatic rings. The number of hydrogen-bond donors (Lipinski definition) is 2. The molecule has 7 heteroatoms. The van der Waals surface area contributed by atoms with Gasteiger partial charge >= 0.3 is 7.12 Å². The molecule has 0 aromatic heterocycles. The van der Waals surface area contributed by atoms with Crippen LogP contribution in [0.3, 0.4) is 0 Å². The maximum Gasteiger partial charge on any atom is 0.492 e. The van der Waals surface area contributed by atoms with Crippen molar-refractivity contribution in [3.8, 4) is 5.75 Å². The van der Waals surface area contributed by atoms with Crippen molar-refractivity contribution in [1.82, 2.24) is 0 Å². The van der Waals surface area contributed by atoms with Crippen LogP contribution in [0.15, 0.2) is 18.2 Å². The highest BCUT2D eigenvalue weighted by atomic mass is 19.1. The number of rotatable bonds is 3. The second-order valence-corrected chi connectivity index (χ2v) is 5.62. The van der Waals surface area contributed by atoms with Crippen molar-refractivity contribution < 1.29 is 28.6 Å². The molecule has 0 saturated carbocycles. The van der Waals surface area contributed by atoms with E-state index in [9.17, 15) is 14.4 Å². The minimum Gasteiger partial charge on any atom is -0.491 e. The van der Waals surface area contributed by atoms with Gasteiger partial charge in [-0.1, -0.05) is 0 Å². The van der Waals surface area contributed by atoms with Gasteiger partial charge in [-0.05, 0) is 18.2 Å². The molecule has 0 bridgehead atoms. The molecule has 5 nitrogen and oxygen atoms in total. The second-order valence-electron chi connectivity index (χ2n) is 5.62. The molecule has 0 radical (unpaired) electrons. The SMILES string of the molecule is OB(O)c1cc(F)ccc1OC1CCOC2(CCOC2)C1. The van der Waals surface area contributed by atoms with Crippen LogP contribution in [0.25, 0.3) is 0 Å². The average molecular weight is 296 g/mol. The molecule has 3 rings (SSSR count). The van der Waals surface area contributed by atoms with E-state index in [-0.39, 0.29) is 17.2 Å². The Balaban J connectivity index is 1.74. The third kappa shape index (κ3) is 3.21. The maximum absolute atomic E-state index is 13.2. The van der Waals surface area contributed by atoms with E-state index in [1.807, 2.05) is 0 Å². The molecular formula is C14H18BFO5. The smallest absolute Gasteiger partial charge is 0.491 e. The lowest BCUT2D eigenvalue weighted by Gasteiger charge is -2.37. The van der Waals surface area contributed by atoms with Crippen molar-refractivity contribution >= 4 is 12.6 Å². The van der Waals surface area contributed by atoms with E-state index in [2.05, 4.69) is 0 Å². The fraction of sp³-hybridized carbons (Fsp3) is 0.571. The molecule has 2 heterocycles. The van der Waals surface area contributed by atoms with E-state index < -0.39 is 12.9 Å². The van der Waals surface area contributed by atoms with Crippen LogP contribution in [0, 0.1) is 5.82 Å². The largest absolute Gasteiger partial charge is 0.492 e. The molecule has 1 aromatic carbocycles. The van der Waals surface area contributed by atoms with Crippen molar-refractivity contribution in [2.24, 2.45) is 0 Å². The zero-order valence-electron chi connectivity index (χ0n) is 11.6. The van der Waals surface area contributed by atoms with Gasteiger partial charge in [0.1, 0.15) is 17.7 Å². The molecule has 2 unspecified atom stereocenters. The van der Waals surface area contributed by atoms with E-state index >= 15 is 0 Å². The number of benzene rings is 1. The van der Waals surface area contributed by atoms with Gasteiger partial charge in [0.2, 0.25) is 0 Å². The average Bonchev–Trinajstić information content (AvgIpc) is 2.88.